The number of hydrogen-bond donors (Lipinski definition) is 3. The minimum absolute atomic E-state index is 0.101. The van der Waals surface area contributed by atoms with Crippen LogP contribution in [0.1, 0.15) is 24.1 Å². The molecular formula is C21H20ClF3N2O5. The fourth-order valence-corrected chi connectivity index (χ4v) is 3.76. The molecule has 0 bridgehead atoms. The number of amides is 2. The molecule has 1 saturated heterocycles. The summed E-state index contributed by atoms with van der Waals surface area (Å²) in [5.41, 5.74) is -2.92. The summed E-state index contributed by atoms with van der Waals surface area (Å²) in [7, 11) is 1.33. The van der Waals surface area contributed by atoms with Gasteiger partial charge in [-0.15, -0.1) is 0 Å². The van der Waals surface area contributed by atoms with E-state index >= 15 is 0 Å². The number of urea groups is 1. The highest BCUT2D eigenvalue weighted by Crippen LogP contribution is 2.44. The van der Waals surface area contributed by atoms with Crippen LogP contribution < -0.4 is 20.1 Å². The zero-order valence-electron chi connectivity index (χ0n) is 17.0. The second-order valence-corrected chi connectivity index (χ2v) is 7.63. The standard InChI is InChI=1S/C21H20ClF3N2O5/c1-11(28)17-18(26-19(29)27-20(17,30)21(23,24)25)12-7-8-15(16(9-12)31-2)32-10-13-5-3-4-6-14(13)22/h3-9,17-18,30H,10H2,1-2H3,(H2,26,27,29). The lowest BCUT2D eigenvalue weighted by Crippen LogP contribution is -2.72. The number of carbonyl (C=O) groups excluding carboxylic acids is 2. The van der Waals surface area contributed by atoms with Crippen molar-refractivity contribution in [2.24, 2.45) is 5.92 Å². The molecule has 11 heteroatoms. The number of alkyl halides is 3. The van der Waals surface area contributed by atoms with Crippen molar-refractivity contribution in [1.29, 1.82) is 0 Å². The Morgan fingerprint density at radius 1 is 1.22 bits per heavy atom. The van der Waals surface area contributed by atoms with Gasteiger partial charge in [0.25, 0.3) is 0 Å². The average molecular weight is 473 g/mol. The summed E-state index contributed by atoms with van der Waals surface area (Å²) in [6.45, 7) is 1.01. The lowest BCUT2D eigenvalue weighted by Gasteiger charge is -2.44. The predicted octanol–water partition coefficient (Wildman–Crippen LogP) is 3.74. The van der Waals surface area contributed by atoms with Gasteiger partial charge in [-0.25, -0.2) is 4.79 Å². The monoisotopic (exact) mass is 472 g/mol. The quantitative estimate of drug-likeness (QED) is 0.595. The molecule has 0 saturated carbocycles. The first kappa shape index (κ1) is 23.7. The molecule has 7 nitrogen and oxygen atoms in total. The average Bonchev–Trinajstić information content (AvgIpc) is 2.71. The van der Waals surface area contributed by atoms with Gasteiger partial charge < -0.3 is 25.2 Å². The summed E-state index contributed by atoms with van der Waals surface area (Å²) >= 11 is 6.11. The highest BCUT2D eigenvalue weighted by Gasteiger charge is 2.65. The lowest BCUT2D eigenvalue weighted by molar-refractivity contribution is -0.290. The first-order valence-electron chi connectivity index (χ1n) is 9.40. The van der Waals surface area contributed by atoms with Gasteiger partial charge in [-0.05, 0) is 30.7 Å². The van der Waals surface area contributed by atoms with Crippen molar-refractivity contribution in [2.75, 3.05) is 7.11 Å². The van der Waals surface area contributed by atoms with Gasteiger partial charge in [0.05, 0.1) is 19.1 Å². The van der Waals surface area contributed by atoms with Crippen molar-refractivity contribution in [1.82, 2.24) is 10.6 Å². The van der Waals surface area contributed by atoms with E-state index in [2.05, 4.69) is 5.32 Å². The molecule has 1 fully saturated rings. The molecule has 1 heterocycles. The molecule has 0 radical (unpaired) electrons. The van der Waals surface area contributed by atoms with E-state index in [-0.39, 0.29) is 23.7 Å². The van der Waals surface area contributed by atoms with E-state index in [1.165, 1.54) is 30.6 Å². The lowest BCUT2D eigenvalue weighted by atomic mass is 9.79. The van der Waals surface area contributed by atoms with Crippen molar-refractivity contribution < 1.29 is 37.3 Å². The van der Waals surface area contributed by atoms with Crippen LogP contribution in [0.3, 0.4) is 0 Å². The number of Topliss-reactive ketones (excluding diaryl/α,β-unsaturated/α-hetero) is 1. The molecule has 3 unspecified atom stereocenters. The first-order valence-corrected chi connectivity index (χ1v) is 9.78. The maximum Gasteiger partial charge on any atom is 0.437 e. The van der Waals surface area contributed by atoms with Gasteiger partial charge in [0.15, 0.2) is 11.5 Å². The van der Waals surface area contributed by atoms with Crippen LogP contribution in [0.25, 0.3) is 0 Å². The number of hydrogen-bond acceptors (Lipinski definition) is 5. The fraction of sp³-hybridized carbons (Fsp3) is 0.333. The van der Waals surface area contributed by atoms with Crippen LogP contribution >= 0.6 is 11.6 Å². The molecule has 172 valence electrons. The number of carbonyl (C=O) groups is 2. The summed E-state index contributed by atoms with van der Waals surface area (Å²) in [6.07, 6.45) is -5.29. The number of aliphatic hydroxyl groups is 1. The van der Waals surface area contributed by atoms with E-state index < -0.39 is 35.7 Å². The molecule has 3 atom stereocenters. The van der Waals surface area contributed by atoms with E-state index in [0.29, 0.717) is 10.6 Å². The van der Waals surface area contributed by atoms with Crippen LogP contribution in [-0.4, -0.2) is 35.9 Å². The Kier molecular flexibility index (Phi) is 6.56. The van der Waals surface area contributed by atoms with Crippen LogP contribution in [0.2, 0.25) is 5.02 Å². The molecule has 32 heavy (non-hydrogen) atoms. The van der Waals surface area contributed by atoms with Crippen molar-refractivity contribution in [3.05, 3.63) is 58.6 Å². The van der Waals surface area contributed by atoms with Crippen molar-refractivity contribution in [2.45, 2.75) is 31.5 Å². The van der Waals surface area contributed by atoms with E-state index in [1.54, 1.807) is 24.3 Å². The third-order valence-electron chi connectivity index (χ3n) is 5.13. The van der Waals surface area contributed by atoms with Crippen LogP contribution in [0.5, 0.6) is 11.5 Å². The minimum Gasteiger partial charge on any atom is -0.493 e. The Bertz CT molecular complexity index is 1030. The van der Waals surface area contributed by atoms with Crippen LogP contribution in [-0.2, 0) is 11.4 Å². The number of ketones is 1. The van der Waals surface area contributed by atoms with Gasteiger partial charge in [0, 0.05) is 10.6 Å². The number of rotatable bonds is 6. The Morgan fingerprint density at radius 3 is 2.50 bits per heavy atom. The highest BCUT2D eigenvalue weighted by atomic mass is 35.5. The van der Waals surface area contributed by atoms with Gasteiger partial charge in [0.1, 0.15) is 12.4 Å². The Hall–Kier alpha value is -2.98. The zero-order valence-corrected chi connectivity index (χ0v) is 17.8. The third-order valence-corrected chi connectivity index (χ3v) is 5.50. The maximum absolute atomic E-state index is 13.6. The molecule has 1 aliphatic heterocycles. The predicted molar refractivity (Wildman–Crippen MR) is 108 cm³/mol. The molecule has 2 amide bonds. The number of halogens is 4. The van der Waals surface area contributed by atoms with Crippen molar-refractivity contribution in [3.63, 3.8) is 0 Å². The van der Waals surface area contributed by atoms with Crippen molar-refractivity contribution >= 4 is 23.4 Å². The fourth-order valence-electron chi connectivity index (χ4n) is 3.57. The summed E-state index contributed by atoms with van der Waals surface area (Å²) in [6, 6.07) is 8.43. The third kappa shape index (κ3) is 4.46. The SMILES string of the molecule is COc1cc(C2NC(=O)NC(O)(C(F)(F)F)C2C(C)=O)ccc1OCc1ccccc1Cl. The molecule has 3 rings (SSSR count). The smallest absolute Gasteiger partial charge is 0.437 e. The molecule has 2 aromatic rings. The van der Waals surface area contributed by atoms with Gasteiger partial charge in [0.2, 0.25) is 5.72 Å². The van der Waals surface area contributed by atoms with Gasteiger partial charge in [-0.3, -0.25) is 4.79 Å². The van der Waals surface area contributed by atoms with E-state index in [0.717, 1.165) is 6.92 Å². The number of methoxy groups -OCH3 is 1. The molecular weight excluding hydrogens is 453 g/mol. The number of ether oxygens (including phenoxy) is 2. The van der Waals surface area contributed by atoms with E-state index in [4.69, 9.17) is 21.1 Å². The summed E-state index contributed by atoms with van der Waals surface area (Å²) < 4.78 is 51.8. The molecule has 0 aliphatic carbocycles. The molecule has 3 N–H and O–H groups in total. The van der Waals surface area contributed by atoms with Gasteiger partial charge in [-0.1, -0.05) is 35.9 Å². The summed E-state index contributed by atoms with van der Waals surface area (Å²) in [5, 5.41) is 14.5. The maximum atomic E-state index is 13.6. The van der Waals surface area contributed by atoms with Crippen LogP contribution in [0.15, 0.2) is 42.5 Å². The Labute approximate surface area is 186 Å². The van der Waals surface area contributed by atoms with Gasteiger partial charge in [-0.2, -0.15) is 13.2 Å². The second-order valence-electron chi connectivity index (χ2n) is 7.22. The number of nitrogens with one attached hydrogen (secondary N) is 2. The minimum atomic E-state index is -5.29. The van der Waals surface area contributed by atoms with E-state index in [1.807, 2.05) is 0 Å². The topological polar surface area (TPSA) is 96.9 Å². The van der Waals surface area contributed by atoms with E-state index in [9.17, 15) is 27.9 Å². The second kappa shape index (κ2) is 8.87. The van der Waals surface area contributed by atoms with Crippen LogP contribution in [0.4, 0.5) is 18.0 Å². The first-order chi connectivity index (χ1) is 15.0. The molecule has 0 aromatic heterocycles. The van der Waals surface area contributed by atoms with Crippen LogP contribution in [0, 0.1) is 5.92 Å². The largest absolute Gasteiger partial charge is 0.493 e. The zero-order chi connectivity index (χ0) is 23.7. The highest BCUT2D eigenvalue weighted by molar-refractivity contribution is 6.31. The van der Waals surface area contributed by atoms with Crippen molar-refractivity contribution in [3.8, 4) is 11.5 Å². The van der Waals surface area contributed by atoms with Gasteiger partial charge >= 0.3 is 12.2 Å². The number of benzene rings is 2. The summed E-state index contributed by atoms with van der Waals surface area (Å²) in [5.74, 6) is -2.60. The normalized spacial score (nSPS) is 23.2. The summed E-state index contributed by atoms with van der Waals surface area (Å²) in [4.78, 5) is 24.1. The Balaban J connectivity index is 1.94. The molecule has 2 aromatic carbocycles. The Morgan fingerprint density at radius 2 is 1.91 bits per heavy atom. The molecule has 0 spiro atoms. The molecule has 1 aliphatic rings.